The standard InChI is InChI=1S/C33H33FN4O3/c1-19-25-6-4-3-5-20(25)12-14-38(19)32(39)23-15-27(21-7-8-21)30-29(16-23)36(2)31(35-30)26-10-9-24(17-28(26)34)37-13-11-22(18-37)33(40)41/h3-6,9-10,15-17,19,21-22H,7-8,11-14,18H2,1-2H3,(H,40,41)/t19-,22+/m1/s1. The van der Waals surface area contributed by atoms with Gasteiger partial charge in [0.2, 0.25) is 0 Å². The Balaban J connectivity index is 1.24. The fourth-order valence-electron chi connectivity index (χ4n) is 6.68. The third-order valence-electron chi connectivity index (χ3n) is 9.23. The lowest BCUT2D eigenvalue weighted by Crippen LogP contribution is -2.38. The van der Waals surface area contributed by atoms with Crippen molar-refractivity contribution in [3.05, 3.63) is 82.7 Å². The molecule has 7 rings (SSSR count). The first-order chi connectivity index (χ1) is 19.8. The van der Waals surface area contributed by atoms with E-state index in [1.807, 2.05) is 45.7 Å². The smallest absolute Gasteiger partial charge is 0.308 e. The minimum absolute atomic E-state index is 0.0105. The second-order valence-corrected chi connectivity index (χ2v) is 11.8. The Morgan fingerprint density at radius 1 is 1.00 bits per heavy atom. The van der Waals surface area contributed by atoms with Crippen LogP contribution in [0.3, 0.4) is 0 Å². The number of carboxylic acids is 1. The number of hydrogen-bond acceptors (Lipinski definition) is 4. The number of benzene rings is 3. The quantitative estimate of drug-likeness (QED) is 0.332. The number of halogens is 1. The van der Waals surface area contributed by atoms with E-state index >= 15 is 4.39 Å². The van der Waals surface area contributed by atoms with Crippen LogP contribution in [-0.2, 0) is 18.3 Å². The molecule has 4 aromatic rings. The molecule has 1 aliphatic carbocycles. The summed E-state index contributed by atoms with van der Waals surface area (Å²) in [4.78, 5) is 34.1. The molecule has 1 N–H and O–H groups in total. The van der Waals surface area contributed by atoms with E-state index in [2.05, 4.69) is 25.1 Å². The van der Waals surface area contributed by atoms with Crippen molar-refractivity contribution in [2.24, 2.45) is 13.0 Å². The maximum Gasteiger partial charge on any atom is 0.308 e. The normalized spacial score (nSPS) is 20.5. The van der Waals surface area contributed by atoms with Crippen LogP contribution < -0.4 is 4.90 Å². The van der Waals surface area contributed by atoms with Gasteiger partial charge < -0.3 is 19.5 Å². The van der Waals surface area contributed by atoms with Gasteiger partial charge in [-0.3, -0.25) is 9.59 Å². The molecule has 2 atom stereocenters. The van der Waals surface area contributed by atoms with Gasteiger partial charge in [0.25, 0.3) is 5.91 Å². The highest BCUT2D eigenvalue weighted by atomic mass is 19.1. The van der Waals surface area contributed by atoms with Crippen LogP contribution in [-0.4, -0.2) is 51.1 Å². The first-order valence-electron chi connectivity index (χ1n) is 14.5. The minimum atomic E-state index is -0.812. The number of amides is 1. The third kappa shape index (κ3) is 4.36. The fourth-order valence-corrected chi connectivity index (χ4v) is 6.68. The summed E-state index contributed by atoms with van der Waals surface area (Å²) in [5, 5.41) is 9.34. The molecule has 41 heavy (non-hydrogen) atoms. The first-order valence-corrected chi connectivity index (χ1v) is 14.5. The van der Waals surface area contributed by atoms with Gasteiger partial charge in [-0.25, -0.2) is 9.37 Å². The molecular weight excluding hydrogens is 519 g/mol. The average molecular weight is 553 g/mol. The highest BCUT2D eigenvalue weighted by Crippen LogP contribution is 2.44. The van der Waals surface area contributed by atoms with Crippen molar-refractivity contribution in [3.8, 4) is 11.4 Å². The Morgan fingerprint density at radius 3 is 2.54 bits per heavy atom. The molecule has 3 aromatic carbocycles. The number of rotatable bonds is 5. The molecule has 0 unspecified atom stereocenters. The second-order valence-electron chi connectivity index (χ2n) is 11.8. The zero-order chi connectivity index (χ0) is 28.4. The monoisotopic (exact) mass is 552 g/mol. The van der Waals surface area contributed by atoms with Crippen molar-refractivity contribution in [1.29, 1.82) is 0 Å². The van der Waals surface area contributed by atoms with Gasteiger partial charge in [-0.1, -0.05) is 24.3 Å². The summed E-state index contributed by atoms with van der Waals surface area (Å²) in [6, 6.07) is 17.3. The second kappa shape index (κ2) is 9.72. The number of aromatic nitrogens is 2. The van der Waals surface area contributed by atoms with Crippen LogP contribution in [0.1, 0.15) is 65.2 Å². The summed E-state index contributed by atoms with van der Waals surface area (Å²) in [6.45, 7) is 3.73. The van der Waals surface area contributed by atoms with Crippen LogP contribution in [0, 0.1) is 11.7 Å². The van der Waals surface area contributed by atoms with E-state index in [4.69, 9.17) is 4.98 Å². The van der Waals surface area contributed by atoms with Crippen molar-refractivity contribution in [1.82, 2.24) is 14.5 Å². The van der Waals surface area contributed by atoms with Crippen LogP contribution in [0.5, 0.6) is 0 Å². The van der Waals surface area contributed by atoms with Crippen molar-refractivity contribution in [3.63, 3.8) is 0 Å². The number of hydrogen-bond donors (Lipinski definition) is 1. The van der Waals surface area contributed by atoms with Crippen molar-refractivity contribution in [2.75, 3.05) is 24.5 Å². The van der Waals surface area contributed by atoms with E-state index in [1.165, 1.54) is 17.2 Å². The van der Waals surface area contributed by atoms with Crippen molar-refractivity contribution < 1.29 is 19.1 Å². The molecule has 8 heteroatoms. The number of nitrogens with zero attached hydrogens (tertiary/aromatic N) is 4. The molecule has 1 aromatic heterocycles. The zero-order valence-corrected chi connectivity index (χ0v) is 23.3. The van der Waals surface area contributed by atoms with Gasteiger partial charge in [0.15, 0.2) is 0 Å². The SMILES string of the molecule is C[C@@H]1c2ccccc2CCN1C(=O)c1cc(C2CC2)c2nc(-c3ccc(N4CC[C@H](C(=O)O)C4)cc3F)n(C)c2c1. The van der Waals surface area contributed by atoms with Gasteiger partial charge in [0, 0.05) is 37.9 Å². The zero-order valence-electron chi connectivity index (χ0n) is 23.3. The molecule has 1 saturated carbocycles. The predicted molar refractivity (Wildman–Crippen MR) is 156 cm³/mol. The maximum atomic E-state index is 15.6. The lowest BCUT2D eigenvalue weighted by molar-refractivity contribution is -0.140. The third-order valence-corrected chi connectivity index (χ3v) is 9.23. The molecule has 0 spiro atoms. The summed E-state index contributed by atoms with van der Waals surface area (Å²) >= 11 is 0. The number of carbonyl (C=O) groups excluding carboxylic acids is 1. The van der Waals surface area contributed by atoms with E-state index in [0.717, 1.165) is 35.9 Å². The number of imidazole rings is 1. The van der Waals surface area contributed by atoms with Gasteiger partial charge in [-0.2, -0.15) is 0 Å². The van der Waals surface area contributed by atoms with Crippen molar-refractivity contribution >= 4 is 28.6 Å². The van der Waals surface area contributed by atoms with Crippen LogP contribution in [0.2, 0.25) is 0 Å². The summed E-state index contributed by atoms with van der Waals surface area (Å²) in [7, 11) is 1.88. The first kappa shape index (κ1) is 25.7. The van der Waals surface area contributed by atoms with E-state index in [1.54, 1.807) is 6.07 Å². The molecule has 2 fully saturated rings. The van der Waals surface area contributed by atoms with Crippen LogP contribution in [0.15, 0.2) is 54.6 Å². The number of carboxylic acid groups (broad SMARTS) is 1. The average Bonchev–Trinajstić information content (AvgIpc) is 3.60. The lowest BCUT2D eigenvalue weighted by atomic mass is 9.92. The number of carbonyl (C=O) groups is 2. The largest absolute Gasteiger partial charge is 0.481 e. The highest BCUT2D eigenvalue weighted by Gasteiger charge is 2.33. The molecule has 7 nitrogen and oxygen atoms in total. The summed E-state index contributed by atoms with van der Waals surface area (Å²) in [5.74, 6) is -0.756. The summed E-state index contributed by atoms with van der Waals surface area (Å²) in [5.41, 5.74) is 6.93. The van der Waals surface area contributed by atoms with E-state index < -0.39 is 17.7 Å². The maximum absolute atomic E-state index is 15.6. The summed E-state index contributed by atoms with van der Waals surface area (Å²) < 4.78 is 17.5. The topological polar surface area (TPSA) is 78.7 Å². The summed E-state index contributed by atoms with van der Waals surface area (Å²) in [6.07, 6.45) is 3.51. The Morgan fingerprint density at radius 2 is 1.80 bits per heavy atom. The van der Waals surface area contributed by atoms with Crippen LogP contribution in [0.25, 0.3) is 22.4 Å². The molecule has 3 aliphatic rings. The Kier molecular flexibility index (Phi) is 6.10. The minimum Gasteiger partial charge on any atom is -0.481 e. The van der Waals surface area contributed by atoms with Gasteiger partial charge in [-0.15, -0.1) is 0 Å². The Hall–Kier alpha value is -4.20. The Bertz CT molecular complexity index is 1710. The van der Waals surface area contributed by atoms with Gasteiger partial charge in [0.05, 0.1) is 28.6 Å². The number of anilines is 1. The lowest BCUT2D eigenvalue weighted by Gasteiger charge is -2.35. The van der Waals surface area contributed by atoms with Gasteiger partial charge in [0.1, 0.15) is 11.6 Å². The predicted octanol–water partition coefficient (Wildman–Crippen LogP) is 5.93. The Labute approximate surface area is 238 Å². The molecule has 0 bridgehead atoms. The fraction of sp³-hybridized carbons (Fsp3) is 0.364. The molecule has 210 valence electrons. The number of aliphatic carboxylic acids is 1. The van der Waals surface area contributed by atoms with E-state index in [-0.39, 0.29) is 11.9 Å². The van der Waals surface area contributed by atoms with Gasteiger partial charge >= 0.3 is 5.97 Å². The molecule has 2 aliphatic heterocycles. The molecule has 0 radical (unpaired) electrons. The molecule has 3 heterocycles. The molecule has 1 saturated heterocycles. The van der Waals surface area contributed by atoms with Crippen molar-refractivity contribution in [2.45, 2.75) is 44.6 Å². The number of aryl methyl sites for hydroxylation is 1. The molecule has 1 amide bonds. The van der Waals surface area contributed by atoms with Crippen LogP contribution in [0.4, 0.5) is 10.1 Å². The molecular formula is C33H33FN4O3. The highest BCUT2D eigenvalue weighted by molar-refractivity contribution is 5.99. The van der Waals surface area contributed by atoms with Crippen LogP contribution >= 0.6 is 0 Å². The van der Waals surface area contributed by atoms with E-state index in [0.29, 0.717) is 54.6 Å². The van der Waals surface area contributed by atoms with Gasteiger partial charge in [-0.05, 0) is 85.5 Å². The van der Waals surface area contributed by atoms with E-state index in [9.17, 15) is 14.7 Å². The number of fused-ring (bicyclic) bond motifs is 2.